The summed E-state index contributed by atoms with van der Waals surface area (Å²) in [4.78, 5) is 14.5. The minimum Gasteiger partial charge on any atom is -0.357 e. The molecule has 0 aromatic carbocycles. The maximum absolute atomic E-state index is 4.86. The maximum Gasteiger partial charge on any atom is 0.194 e. The molecule has 1 N–H and O–H groups in total. The van der Waals surface area contributed by atoms with Gasteiger partial charge in [0.1, 0.15) is 5.65 Å². The number of rotatable bonds is 5. The molecule has 1 aliphatic heterocycles. The molecule has 2 aromatic rings. The average Bonchev–Trinajstić information content (AvgIpc) is 3.03. The summed E-state index contributed by atoms with van der Waals surface area (Å²) in [5.74, 6) is 1.73. The molecule has 0 saturated carbocycles. The Morgan fingerprint density at radius 1 is 1.23 bits per heavy atom. The first-order valence-corrected chi connectivity index (χ1v) is 9.76. The van der Waals surface area contributed by atoms with Gasteiger partial charge >= 0.3 is 0 Å². The number of piperazine rings is 1. The van der Waals surface area contributed by atoms with Crippen LogP contribution in [0.15, 0.2) is 29.4 Å². The van der Waals surface area contributed by atoms with Gasteiger partial charge in [0.05, 0.1) is 12.2 Å². The van der Waals surface area contributed by atoms with Crippen molar-refractivity contribution in [1.82, 2.24) is 24.5 Å². The summed E-state index contributed by atoms with van der Waals surface area (Å²) in [7, 11) is 0. The van der Waals surface area contributed by atoms with Crippen LogP contribution in [0.3, 0.4) is 0 Å². The molecule has 1 saturated heterocycles. The van der Waals surface area contributed by atoms with Crippen LogP contribution in [0.2, 0.25) is 0 Å². The van der Waals surface area contributed by atoms with E-state index in [9.17, 15) is 0 Å². The number of fused-ring (bicyclic) bond motifs is 1. The zero-order valence-corrected chi connectivity index (χ0v) is 16.6. The number of guanidine groups is 1. The third kappa shape index (κ3) is 4.55. The number of nitrogens with one attached hydrogen (secondary N) is 1. The summed E-state index contributed by atoms with van der Waals surface area (Å²) in [6, 6.07) is 6.19. The van der Waals surface area contributed by atoms with Crippen molar-refractivity contribution in [2.24, 2.45) is 10.9 Å². The predicted octanol–water partition coefficient (Wildman–Crippen LogP) is 2.38. The van der Waals surface area contributed by atoms with Crippen molar-refractivity contribution < 1.29 is 0 Å². The third-order valence-corrected chi connectivity index (χ3v) is 4.77. The van der Waals surface area contributed by atoms with Crippen LogP contribution in [-0.4, -0.2) is 64.4 Å². The molecule has 0 aliphatic carbocycles. The van der Waals surface area contributed by atoms with Gasteiger partial charge < -0.3 is 14.6 Å². The van der Waals surface area contributed by atoms with Gasteiger partial charge in [0, 0.05) is 51.2 Å². The molecule has 0 amide bonds. The standard InChI is InChI=1S/C20H32N6/c1-5-21-20(25-11-9-24(10-12-25)14-16(2)3)22-13-18-15-26-17(4)7-6-8-19(26)23-18/h6-8,15-16H,5,9-14H2,1-4H3,(H,21,22). The van der Waals surface area contributed by atoms with E-state index in [0.29, 0.717) is 6.54 Å². The second-order valence-corrected chi connectivity index (χ2v) is 7.48. The van der Waals surface area contributed by atoms with Crippen molar-refractivity contribution in [3.8, 4) is 0 Å². The summed E-state index contributed by atoms with van der Waals surface area (Å²) in [6.45, 7) is 15.7. The lowest BCUT2D eigenvalue weighted by atomic mass is 10.2. The zero-order valence-electron chi connectivity index (χ0n) is 16.6. The van der Waals surface area contributed by atoms with E-state index in [1.54, 1.807) is 0 Å². The van der Waals surface area contributed by atoms with E-state index in [1.165, 1.54) is 12.2 Å². The van der Waals surface area contributed by atoms with Crippen LogP contribution in [0.4, 0.5) is 0 Å². The molecule has 3 heterocycles. The number of aryl methyl sites for hydroxylation is 1. The largest absolute Gasteiger partial charge is 0.357 e. The highest BCUT2D eigenvalue weighted by atomic mass is 15.3. The molecular formula is C20H32N6. The second-order valence-electron chi connectivity index (χ2n) is 7.48. The summed E-state index contributed by atoms with van der Waals surface area (Å²) in [5, 5.41) is 3.45. The van der Waals surface area contributed by atoms with Gasteiger partial charge in [0.25, 0.3) is 0 Å². The van der Waals surface area contributed by atoms with E-state index in [-0.39, 0.29) is 0 Å². The number of hydrogen-bond donors (Lipinski definition) is 1. The van der Waals surface area contributed by atoms with Crippen molar-refractivity contribution in [3.05, 3.63) is 35.8 Å². The SMILES string of the molecule is CCNC(=NCc1cn2c(C)cccc2n1)N1CCN(CC(C)C)CC1. The van der Waals surface area contributed by atoms with Crippen LogP contribution >= 0.6 is 0 Å². The first-order valence-electron chi connectivity index (χ1n) is 9.76. The Kier molecular flexibility index (Phi) is 6.14. The van der Waals surface area contributed by atoms with Gasteiger partial charge in [-0.1, -0.05) is 19.9 Å². The molecule has 0 bridgehead atoms. The van der Waals surface area contributed by atoms with Gasteiger partial charge in [-0.3, -0.25) is 4.90 Å². The number of nitrogens with zero attached hydrogens (tertiary/aromatic N) is 5. The lowest BCUT2D eigenvalue weighted by molar-refractivity contribution is 0.164. The average molecular weight is 357 g/mol. The number of hydrogen-bond acceptors (Lipinski definition) is 3. The Hall–Kier alpha value is -2.08. The van der Waals surface area contributed by atoms with Crippen LogP contribution in [-0.2, 0) is 6.54 Å². The Balaban J connectivity index is 1.66. The molecule has 142 valence electrons. The molecule has 3 rings (SSSR count). The quantitative estimate of drug-likeness (QED) is 0.660. The van der Waals surface area contributed by atoms with Crippen molar-refractivity contribution in [2.45, 2.75) is 34.2 Å². The number of aliphatic imine (C=N–C) groups is 1. The first kappa shape index (κ1) is 18.7. The van der Waals surface area contributed by atoms with Crippen LogP contribution in [0, 0.1) is 12.8 Å². The highest BCUT2D eigenvalue weighted by Crippen LogP contribution is 2.10. The molecule has 0 spiro atoms. The molecule has 6 heteroatoms. The van der Waals surface area contributed by atoms with E-state index in [1.807, 2.05) is 12.1 Å². The van der Waals surface area contributed by atoms with Crippen molar-refractivity contribution in [2.75, 3.05) is 39.3 Å². The van der Waals surface area contributed by atoms with E-state index >= 15 is 0 Å². The fraction of sp³-hybridized carbons (Fsp3) is 0.600. The van der Waals surface area contributed by atoms with Gasteiger partial charge in [-0.25, -0.2) is 9.98 Å². The topological polar surface area (TPSA) is 48.2 Å². The molecule has 0 unspecified atom stereocenters. The van der Waals surface area contributed by atoms with E-state index in [0.717, 1.165) is 55.9 Å². The normalized spacial score (nSPS) is 16.7. The fourth-order valence-corrected chi connectivity index (χ4v) is 3.52. The molecule has 1 aliphatic rings. The summed E-state index contributed by atoms with van der Waals surface area (Å²) in [5.41, 5.74) is 3.19. The first-order chi connectivity index (χ1) is 12.6. The minimum absolute atomic E-state index is 0.607. The van der Waals surface area contributed by atoms with E-state index in [2.05, 4.69) is 59.5 Å². The maximum atomic E-state index is 4.86. The minimum atomic E-state index is 0.607. The van der Waals surface area contributed by atoms with E-state index in [4.69, 9.17) is 9.98 Å². The molecule has 26 heavy (non-hydrogen) atoms. The third-order valence-electron chi connectivity index (χ3n) is 4.77. The van der Waals surface area contributed by atoms with Crippen LogP contribution < -0.4 is 5.32 Å². The number of pyridine rings is 1. The van der Waals surface area contributed by atoms with Crippen LogP contribution in [0.5, 0.6) is 0 Å². The highest BCUT2D eigenvalue weighted by Gasteiger charge is 2.20. The van der Waals surface area contributed by atoms with Crippen LogP contribution in [0.1, 0.15) is 32.2 Å². The van der Waals surface area contributed by atoms with Gasteiger partial charge in [-0.15, -0.1) is 0 Å². The summed E-state index contributed by atoms with van der Waals surface area (Å²) in [6.07, 6.45) is 2.10. The van der Waals surface area contributed by atoms with Gasteiger partial charge in [0.2, 0.25) is 0 Å². The van der Waals surface area contributed by atoms with Crippen LogP contribution in [0.25, 0.3) is 5.65 Å². The Bertz CT molecular complexity index is 740. The van der Waals surface area contributed by atoms with Crippen molar-refractivity contribution in [1.29, 1.82) is 0 Å². The van der Waals surface area contributed by atoms with Gasteiger partial charge in [0.15, 0.2) is 5.96 Å². The smallest absolute Gasteiger partial charge is 0.194 e. The molecular weight excluding hydrogens is 324 g/mol. The molecule has 1 fully saturated rings. The Morgan fingerprint density at radius 3 is 2.65 bits per heavy atom. The highest BCUT2D eigenvalue weighted by molar-refractivity contribution is 5.80. The zero-order chi connectivity index (χ0) is 18.5. The second kappa shape index (κ2) is 8.54. The molecule has 6 nitrogen and oxygen atoms in total. The fourth-order valence-electron chi connectivity index (χ4n) is 3.52. The van der Waals surface area contributed by atoms with E-state index < -0.39 is 0 Å². The molecule has 0 radical (unpaired) electrons. The summed E-state index contributed by atoms with van der Waals surface area (Å²) < 4.78 is 2.13. The Morgan fingerprint density at radius 2 is 2.00 bits per heavy atom. The predicted molar refractivity (Wildman–Crippen MR) is 108 cm³/mol. The van der Waals surface area contributed by atoms with Gasteiger partial charge in [-0.05, 0) is 31.9 Å². The summed E-state index contributed by atoms with van der Waals surface area (Å²) >= 11 is 0. The number of aromatic nitrogens is 2. The van der Waals surface area contributed by atoms with Crippen molar-refractivity contribution in [3.63, 3.8) is 0 Å². The lowest BCUT2D eigenvalue weighted by Gasteiger charge is -2.37. The number of imidazole rings is 1. The van der Waals surface area contributed by atoms with Crippen molar-refractivity contribution >= 4 is 11.6 Å². The monoisotopic (exact) mass is 356 g/mol. The Labute approximate surface area is 156 Å². The van der Waals surface area contributed by atoms with Gasteiger partial charge in [-0.2, -0.15) is 0 Å². The molecule has 0 atom stereocenters. The molecule has 2 aromatic heterocycles. The lowest BCUT2D eigenvalue weighted by Crippen LogP contribution is -2.53.